The topological polar surface area (TPSA) is 128 Å². The number of ether oxygens (including phenoxy) is 1. The van der Waals surface area contributed by atoms with Crippen molar-refractivity contribution in [3.63, 3.8) is 0 Å². The number of hydrogen-bond donors (Lipinski definition) is 3. The van der Waals surface area contributed by atoms with Crippen LogP contribution in [0, 0.1) is 0 Å². The van der Waals surface area contributed by atoms with E-state index in [4.69, 9.17) is 15.6 Å². The molecule has 0 saturated heterocycles. The van der Waals surface area contributed by atoms with Crippen LogP contribution in [0.15, 0.2) is 17.2 Å². The predicted molar refractivity (Wildman–Crippen MR) is 65.5 cm³/mol. The minimum atomic E-state index is -0.947. The van der Waals surface area contributed by atoms with Crippen LogP contribution in [0.1, 0.15) is 0 Å². The van der Waals surface area contributed by atoms with Gasteiger partial charge in [-0.15, -0.1) is 0 Å². The van der Waals surface area contributed by atoms with Gasteiger partial charge in [0.05, 0.1) is 13.2 Å². The molecule has 0 fully saturated rings. The van der Waals surface area contributed by atoms with Crippen molar-refractivity contribution in [1.82, 2.24) is 18.9 Å². The number of methoxy groups -OCH3 is 1. The van der Waals surface area contributed by atoms with Gasteiger partial charge in [-0.05, 0) is 0 Å². The summed E-state index contributed by atoms with van der Waals surface area (Å²) in [6, 6.07) is 0. The van der Waals surface area contributed by atoms with Gasteiger partial charge in [0.2, 0.25) is 11.7 Å². The normalized spacial score (nSPS) is 14.7. The summed E-state index contributed by atoms with van der Waals surface area (Å²) in [6.07, 6.45) is 1.52. The van der Waals surface area contributed by atoms with E-state index in [1.807, 2.05) is 0 Å². The number of nitrogens with zero attached hydrogens (tertiary/aromatic N) is 4. The van der Waals surface area contributed by atoms with Gasteiger partial charge in [-0.25, -0.2) is 4.79 Å². The number of aliphatic hydroxyl groups excluding tert-OH is 2. The zero-order chi connectivity index (χ0) is 14.0. The van der Waals surface area contributed by atoms with Gasteiger partial charge in [0.15, 0.2) is 0 Å². The van der Waals surface area contributed by atoms with Gasteiger partial charge in [0.25, 0.3) is 0 Å². The van der Waals surface area contributed by atoms with Gasteiger partial charge in [-0.2, -0.15) is 9.97 Å². The number of aromatic nitrogens is 4. The maximum atomic E-state index is 11.2. The van der Waals surface area contributed by atoms with Crippen LogP contribution in [0.5, 0.6) is 0 Å². The van der Waals surface area contributed by atoms with Crippen molar-refractivity contribution in [2.24, 2.45) is 0 Å². The predicted octanol–water partition coefficient (Wildman–Crippen LogP) is -2.16. The Bertz CT molecular complexity index is 618. The second kappa shape index (κ2) is 5.34. The van der Waals surface area contributed by atoms with Gasteiger partial charge in [-0.1, -0.05) is 0 Å². The first kappa shape index (κ1) is 13.5. The Kier molecular flexibility index (Phi) is 3.79. The summed E-state index contributed by atoms with van der Waals surface area (Å²) in [5.41, 5.74) is 4.89. The van der Waals surface area contributed by atoms with E-state index in [1.54, 1.807) is 12.4 Å². The highest BCUT2D eigenvalue weighted by Crippen LogP contribution is 2.08. The highest BCUT2D eigenvalue weighted by molar-refractivity contribution is 5.36. The maximum absolute atomic E-state index is 11.2. The molecular formula is C10H15N5O4. The third-order valence-electron chi connectivity index (χ3n) is 2.82. The summed E-state index contributed by atoms with van der Waals surface area (Å²) in [6.45, 7) is -0.209. The fourth-order valence-corrected chi connectivity index (χ4v) is 1.79. The van der Waals surface area contributed by atoms with Crippen LogP contribution in [-0.4, -0.2) is 55.1 Å². The number of fused-ring (bicyclic) bond motifs is 1. The first-order valence-electron chi connectivity index (χ1n) is 5.59. The summed E-state index contributed by atoms with van der Waals surface area (Å²) in [5, 5.41) is 18.9. The third-order valence-corrected chi connectivity index (χ3v) is 2.82. The lowest BCUT2D eigenvalue weighted by molar-refractivity contribution is -0.0467. The van der Waals surface area contributed by atoms with E-state index in [9.17, 15) is 9.90 Å². The fourth-order valence-electron chi connectivity index (χ4n) is 1.79. The van der Waals surface area contributed by atoms with Gasteiger partial charge in [0.1, 0.15) is 12.2 Å². The molecule has 0 radical (unpaired) electrons. The lowest BCUT2D eigenvalue weighted by atomic mass is 10.2. The molecule has 4 N–H and O–H groups in total. The van der Waals surface area contributed by atoms with Crippen molar-refractivity contribution in [1.29, 1.82) is 0 Å². The SMILES string of the molecule is COC(CO)[C@H](O)Cn1ccn2c(N)nc(=O)nc12. The summed E-state index contributed by atoms with van der Waals surface area (Å²) in [4.78, 5) is 18.5. The second-order valence-electron chi connectivity index (χ2n) is 4.01. The molecular weight excluding hydrogens is 254 g/mol. The molecule has 0 aliphatic rings. The Balaban J connectivity index is 2.34. The zero-order valence-corrected chi connectivity index (χ0v) is 10.3. The highest BCUT2D eigenvalue weighted by Gasteiger charge is 2.19. The van der Waals surface area contributed by atoms with Gasteiger partial charge >= 0.3 is 5.69 Å². The minimum absolute atomic E-state index is 0.0219. The Hall–Kier alpha value is -1.97. The van der Waals surface area contributed by atoms with E-state index >= 15 is 0 Å². The standard InChI is InChI=1S/C10H15N5O4/c1-19-7(5-16)6(17)4-14-2-3-15-8(11)12-9(18)13-10(14)15/h2-3,6-7,16-17H,4-5H2,1H3,(H2,11,12,18)/t6-,7?/m1/s1. The number of aliphatic hydroxyl groups is 2. The average molecular weight is 269 g/mol. The van der Waals surface area contributed by atoms with E-state index in [0.29, 0.717) is 0 Å². The van der Waals surface area contributed by atoms with Crippen LogP contribution in [0.2, 0.25) is 0 Å². The van der Waals surface area contributed by atoms with E-state index in [1.165, 1.54) is 16.1 Å². The molecule has 2 aromatic rings. The number of hydrogen-bond acceptors (Lipinski definition) is 7. The minimum Gasteiger partial charge on any atom is -0.394 e. The number of nitrogens with two attached hydrogens (primary N) is 1. The van der Waals surface area contributed by atoms with Crippen LogP contribution >= 0.6 is 0 Å². The molecule has 0 spiro atoms. The molecule has 0 aliphatic carbocycles. The van der Waals surface area contributed by atoms with Crippen molar-refractivity contribution in [2.45, 2.75) is 18.8 Å². The molecule has 1 unspecified atom stereocenters. The van der Waals surface area contributed by atoms with Crippen molar-refractivity contribution in [3.05, 3.63) is 22.9 Å². The highest BCUT2D eigenvalue weighted by atomic mass is 16.5. The largest absolute Gasteiger partial charge is 0.394 e. The second-order valence-corrected chi connectivity index (χ2v) is 4.01. The molecule has 19 heavy (non-hydrogen) atoms. The Labute approximate surface area is 107 Å². The molecule has 2 atom stereocenters. The molecule has 0 bridgehead atoms. The number of rotatable bonds is 5. The van der Waals surface area contributed by atoms with E-state index in [2.05, 4.69) is 9.97 Å². The molecule has 9 heteroatoms. The fraction of sp³-hybridized carbons (Fsp3) is 0.500. The molecule has 0 amide bonds. The van der Waals surface area contributed by atoms with Crippen molar-refractivity contribution in [2.75, 3.05) is 19.5 Å². The number of anilines is 1. The smallest absolute Gasteiger partial charge is 0.373 e. The molecule has 2 heterocycles. The molecule has 0 saturated carbocycles. The van der Waals surface area contributed by atoms with E-state index < -0.39 is 17.9 Å². The lowest BCUT2D eigenvalue weighted by Crippen LogP contribution is -2.35. The van der Waals surface area contributed by atoms with Crippen LogP contribution < -0.4 is 11.4 Å². The Morgan fingerprint density at radius 2 is 2.21 bits per heavy atom. The summed E-state index contributed by atoms with van der Waals surface area (Å²) in [5.74, 6) is 0.290. The summed E-state index contributed by atoms with van der Waals surface area (Å²) < 4.78 is 7.89. The van der Waals surface area contributed by atoms with Crippen LogP contribution in [0.4, 0.5) is 5.95 Å². The third kappa shape index (κ3) is 2.57. The van der Waals surface area contributed by atoms with E-state index in [-0.39, 0.29) is 24.9 Å². The quantitative estimate of drug-likeness (QED) is 0.564. The van der Waals surface area contributed by atoms with Gasteiger partial charge < -0.3 is 25.3 Å². The first-order chi connectivity index (χ1) is 9.06. The summed E-state index contributed by atoms with van der Waals surface area (Å²) >= 11 is 0. The zero-order valence-electron chi connectivity index (χ0n) is 10.3. The summed E-state index contributed by atoms with van der Waals surface area (Å²) in [7, 11) is 1.39. The van der Waals surface area contributed by atoms with Crippen molar-refractivity contribution in [3.8, 4) is 0 Å². The first-order valence-corrected chi connectivity index (χ1v) is 5.59. The number of nitrogen functional groups attached to an aromatic ring is 1. The van der Waals surface area contributed by atoms with Crippen LogP contribution in [0.25, 0.3) is 5.78 Å². The lowest BCUT2D eigenvalue weighted by Gasteiger charge is -2.19. The van der Waals surface area contributed by atoms with Crippen LogP contribution in [0.3, 0.4) is 0 Å². The molecule has 2 rings (SSSR count). The van der Waals surface area contributed by atoms with Gasteiger partial charge in [-0.3, -0.25) is 4.40 Å². The van der Waals surface area contributed by atoms with Crippen molar-refractivity contribution >= 4 is 11.7 Å². The van der Waals surface area contributed by atoms with Gasteiger partial charge in [0, 0.05) is 19.5 Å². The number of imidazole rings is 1. The molecule has 0 aromatic carbocycles. The Morgan fingerprint density at radius 3 is 2.84 bits per heavy atom. The average Bonchev–Trinajstić information content (AvgIpc) is 2.74. The molecule has 0 aliphatic heterocycles. The van der Waals surface area contributed by atoms with Crippen LogP contribution in [-0.2, 0) is 11.3 Å². The van der Waals surface area contributed by atoms with Crippen molar-refractivity contribution < 1.29 is 14.9 Å². The maximum Gasteiger partial charge on any atom is 0.373 e. The molecule has 104 valence electrons. The molecule has 9 nitrogen and oxygen atoms in total. The monoisotopic (exact) mass is 269 g/mol. The Morgan fingerprint density at radius 1 is 1.47 bits per heavy atom. The van der Waals surface area contributed by atoms with E-state index in [0.717, 1.165) is 0 Å². The molecule has 2 aromatic heterocycles.